The molecule has 1 saturated heterocycles. The fourth-order valence-electron chi connectivity index (χ4n) is 2.69. The molecule has 2 atom stereocenters. The summed E-state index contributed by atoms with van der Waals surface area (Å²) < 4.78 is 5.64. The molecule has 1 rings (SSSR count). The van der Waals surface area contributed by atoms with Crippen LogP contribution in [0.4, 0.5) is 0 Å². The molecule has 0 bridgehead atoms. The van der Waals surface area contributed by atoms with Crippen molar-refractivity contribution in [1.82, 2.24) is 4.90 Å². The van der Waals surface area contributed by atoms with Crippen molar-refractivity contribution in [3.8, 4) is 0 Å². The van der Waals surface area contributed by atoms with Gasteiger partial charge in [0, 0.05) is 13.1 Å². The van der Waals surface area contributed by atoms with Gasteiger partial charge < -0.3 is 9.64 Å². The van der Waals surface area contributed by atoms with Gasteiger partial charge in [-0.3, -0.25) is 4.79 Å². The monoisotopic (exact) mass is 281 g/mol. The Balaban J connectivity index is 2.13. The number of hydrogen-bond donors (Lipinski definition) is 0. The zero-order chi connectivity index (χ0) is 14.8. The van der Waals surface area contributed by atoms with Crippen molar-refractivity contribution < 1.29 is 9.53 Å². The first-order chi connectivity index (χ1) is 9.63. The van der Waals surface area contributed by atoms with Crippen LogP contribution in [0.15, 0.2) is 12.2 Å². The molecule has 1 aliphatic rings. The number of carbonyl (C=O) groups is 1. The van der Waals surface area contributed by atoms with Crippen molar-refractivity contribution >= 4 is 5.91 Å². The minimum absolute atomic E-state index is 0.137. The molecule has 0 aromatic rings. The minimum atomic E-state index is 0.137. The molecule has 3 heteroatoms. The Morgan fingerprint density at radius 2 is 1.70 bits per heavy atom. The van der Waals surface area contributed by atoms with E-state index in [1.165, 1.54) is 38.5 Å². The van der Waals surface area contributed by atoms with Crippen molar-refractivity contribution in [2.24, 2.45) is 0 Å². The maximum absolute atomic E-state index is 12.0. The summed E-state index contributed by atoms with van der Waals surface area (Å²) in [7, 11) is 0. The van der Waals surface area contributed by atoms with Crippen LogP contribution in [-0.2, 0) is 9.53 Å². The van der Waals surface area contributed by atoms with E-state index in [4.69, 9.17) is 4.74 Å². The Kier molecular flexibility index (Phi) is 8.59. The van der Waals surface area contributed by atoms with Gasteiger partial charge in [-0.2, -0.15) is 0 Å². The van der Waals surface area contributed by atoms with Gasteiger partial charge in [-0.05, 0) is 32.8 Å². The smallest absolute Gasteiger partial charge is 0.246 e. The molecule has 0 aromatic heterocycles. The number of hydrogen-bond acceptors (Lipinski definition) is 2. The molecule has 0 N–H and O–H groups in total. The first kappa shape index (κ1) is 17.2. The summed E-state index contributed by atoms with van der Waals surface area (Å²) in [5.74, 6) is 0.137. The molecule has 20 heavy (non-hydrogen) atoms. The van der Waals surface area contributed by atoms with E-state index < -0.39 is 0 Å². The van der Waals surface area contributed by atoms with Crippen LogP contribution in [0.25, 0.3) is 0 Å². The molecule has 1 aliphatic heterocycles. The third-order valence-electron chi connectivity index (χ3n) is 3.72. The number of carbonyl (C=O) groups excluding carboxylic acids is 1. The Hall–Kier alpha value is -0.830. The minimum Gasteiger partial charge on any atom is -0.372 e. The molecule has 0 spiro atoms. The van der Waals surface area contributed by atoms with Gasteiger partial charge in [0.2, 0.25) is 5.91 Å². The second-order valence-corrected chi connectivity index (χ2v) is 5.96. The number of ether oxygens (including phenoxy) is 1. The van der Waals surface area contributed by atoms with E-state index in [0.717, 1.165) is 6.42 Å². The normalized spacial score (nSPS) is 23.4. The van der Waals surface area contributed by atoms with Crippen LogP contribution in [0, 0.1) is 0 Å². The second-order valence-electron chi connectivity index (χ2n) is 5.96. The van der Waals surface area contributed by atoms with E-state index in [-0.39, 0.29) is 18.1 Å². The maximum atomic E-state index is 12.0. The molecule has 1 fully saturated rings. The molecule has 2 unspecified atom stereocenters. The van der Waals surface area contributed by atoms with Gasteiger partial charge >= 0.3 is 0 Å². The van der Waals surface area contributed by atoms with Crippen LogP contribution in [0.3, 0.4) is 0 Å². The maximum Gasteiger partial charge on any atom is 0.246 e. The van der Waals surface area contributed by atoms with Gasteiger partial charge in [-0.1, -0.05) is 45.1 Å². The number of allylic oxidation sites excluding steroid dienone is 1. The fourth-order valence-corrected chi connectivity index (χ4v) is 2.69. The lowest BCUT2D eigenvalue weighted by atomic mass is 10.1. The van der Waals surface area contributed by atoms with Crippen molar-refractivity contribution in [2.45, 2.75) is 77.9 Å². The second kappa shape index (κ2) is 9.98. The third-order valence-corrected chi connectivity index (χ3v) is 3.72. The summed E-state index contributed by atoms with van der Waals surface area (Å²) >= 11 is 0. The Labute approximate surface area is 124 Å². The van der Waals surface area contributed by atoms with Gasteiger partial charge in [0.25, 0.3) is 0 Å². The van der Waals surface area contributed by atoms with Crippen LogP contribution < -0.4 is 0 Å². The molecule has 0 saturated carbocycles. The lowest BCUT2D eigenvalue weighted by Crippen LogP contribution is -2.47. The number of unbranched alkanes of at least 4 members (excludes halogenated alkanes) is 6. The predicted molar refractivity (Wildman–Crippen MR) is 83.7 cm³/mol. The summed E-state index contributed by atoms with van der Waals surface area (Å²) in [5, 5.41) is 0. The van der Waals surface area contributed by atoms with E-state index >= 15 is 0 Å². The number of amides is 1. The lowest BCUT2D eigenvalue weighted by molar-refractivity contribution is -0.138. The predicted octanol–water partition coefficient (Wildman–Crippen LogP) is 3.93. The standard InChI is InChI=1S/C17H31NO2/c1-4-5-6-7-8-9-10-11-12-17(19)18-13-15(2)20-16(3)14-18/h11-12,15-16H,4-10,13-14H2,1-3H3. The Morgan fingerprint density at radius 1 is 1.10 bits per heavy atom. The van der Waals surface area contributed by atoms with Gasteiger partial charge in [0.1, 0.15) is 0 Å². The number of rotatable bonds is 8. The summed E-state index contributed by atoms with van der Waals surface area (Å²) in [4.78, 5) is 13.9. The van der Waals surface area contributed by atoms with Gasteiger partial charge in [0.05, 0.1) is 12.2 Å². The van der Waals surface area contributed by atoms with Crippen molar-refractivity contribution in [1.29, 1.82) is 0 Å². The topological polar surface area (TPSA) is 29.5 Å². The van der Waals surface area contributed by atoms with Crippen LogP contribution >= 0.6 is 0 Å². The van der Waals surface area contributed by atoms with Crippen LogP contribution in [0.2, 0.25) is 0 Å². The molecule has 116 valence electrons. The summed E-state index contributed by atoms with van der Waals surface area (Å²) in [6, 6.07) is 0. The van der Waals surface area contributed by atoms with Crippen LogP contribution in [0.1, 0.15) is 65.7 Å². The number of nitrogens with zero attached hydrogens (tertiary/aromatic N) is 1. The van der Waals surface area contributed by atoms with Gasteiger partial charge in [-0.15, -0.1) is 0 Å². The van der Waals surface area contributed by atoms with Gasteiger partial charge in [0.15, 0.2) is 0 Å². The highest BCUT2D eigenvalue weighted by molar-refractivity contribution is 5.87. The largest absolute Gasteiger partial charge is 0.372 e. The highest BCUT2D eigenvalue weighted by Gasteiger charge is 2.24. The molecule has 1 heterocycles. The third kappa shape index (κ3) is 7.09. The summed E-state index contributed by atoms with van der Waals surface area (Å²) in [5.41, 5.74) is 0. The van der Waals surface area contributed by atoms with Gasteiger partial charge in [-0.25, -0.2) is 0 Å². The summed E-state index contributed by atoms with van der Waals surface area (Å²) in [6.07, 6.45) is 12.9. The number of morpholine rings is 1. The van der Waals surface area contributed by atoms with E-state index in [2.05, 4.69) is 6.92 Å². The molecule has 1 amide bonds. The fraction of sp³-hybridized carbons (Fsp3) is 0.824. The van der Waals surface area contributed by atoms with Crippen LogP contribution in [-0.4, -0.2) is 36.1 Å². The molecule has 0 aromatic carbocycles. The zero-order valence-electron chi connectivity index (χ0n) is 13.4. The highest BCUT2D eigenvalue weighted by Crippen LogP contribution is 2.11. The lowest BCUT2D eigenvalue weighted by Gasteiger charge is -2.34. The van der Waals surface area contributed by atoms with Crippen molar-refractivity contribution in [3.05, 3.63) is 12.2 Å². The van der Waals surface area contributed by atoms with E-state index in [9.17, 15) is 4.79 Å². The Morgan fingerprint density at radius 3 is 2.35 bits per heavy atom. The quantitative estimate of drug-likeness (QED) is 0.498. The zero-order valence-corrected chi connectivity index (χ0v) is 13.4. The first-order valence-corrected chi connectivity index (χ1v) is 8.24. The van der Waals surface area contributed by atoms with E-state index in [0.29, 0.717) is 13.1 Å². The van der Waals surface area contributed by atoms with Crippen molar-refractivity contribution in [3.63, 3.8) is 0 Å². The summed E-state index contributed by atoms with van der Waals surface area (Å²) in [6.45, 7) is 7.71. The van der Waals surface area contributed by atoms with E-state index in [1.807, 2.05) is 24.8 Å². The average molecular weight is 281 g/mol. The SMILES string of the molecule is CCCCCCCCC=CC(=O)N1CC(C)OC(C)C1. The molecule has 0 radical (unpaired) electrons. The van der Waals surface area contributed by atoms with Crippen molar-refractivity contribution in [2.75, 3.05) is 13.1 Å². The molecular weight excluding hydrogens is 250 g/mol. The Bertz CT molecular complexity index is 291. The van der Waals surface area contributed by atoms with Crippen LogP contribution in [0.5, 0.6) is 0 Å². The highest BCUT2D eigenvalue weighted by atomic mass is 16.5. The molecule has 3 nitrogen and oxygen atoms in total. The average Bonchev–Trinajstić information content (AvgIpc) is 2.40. The molecule has 0 aliphatic carbocycles. The van der Waals surface area contributed by atoms with E-state index in [1.54, 1.807) is 6.08 Å². The first-order valence-electron chi connectivity index (χ1n) is 8.24. The molecular formula is C17H31NO2.